The zero-order valence-electron chi connectivity index (χ0n) is 16.8. The average molecular weight is 416 g/mol. The maximum absolute atomic E-state index is 13.6. The fourth-order valence-electron chi connectivity index (χ4n) is 3.58. The molecule has 0 bridgehead atoms. The summed E-state index contributed by atoms with van der Waals surface area (Å²) in [6.45, 7) is 7.21. The molecule has 0 amide bonds. The second kappa shape index (κ2) is 7.64. The molecule has 1 aliphatic heterocycles. The van der Waals surface area contributed by atoms with Gasteiger partial charge < -0.3 is 15.0 Å². The Bertz CT molecular complexity index is 1130. The van der Waals surface area contributed by atoms with Gasteiger partial charge in [-0.2, -0.15) is 0 Å². The van der Waals surface area contributed by atoms with E-state index < -0.39 is 10.0 Å². The molecule has 0 unspecified atom stereocenters. The van der Waals surface area contributed by atoms with Crippen molar-refractivity contribution in [1.82, 2.24) is 19.3 Å². The molecule has 154 valence electrons. The molecule has 1 aromatic carbocycles. The van der Waals surface area contributed by atoms with Crippen LogP contribution in [0.2, 0.25) is 0 Å². The molecule has 1 aliphatic rings. The summed E-state index contributed by atoms with van der Waals surface area (Å²) >= 11 is 0. The zero-order chi connectivity index (χ0) is 20.6. The van der Waals surface area contributed by atoms with Gasteiger partial charge in [0, 0.05) is 44.4 Å². The number of rotatable bonds is 5. The van der Waals surface area contributed by atoms with Crippen LogP contribution in [0.1, 0.15) is 25.6 Å². The molecule has 3 heterocycles. The van der Waals surface area contributed by atoms with E-state index in [0.717, 1.165) is 32.0 Å². The third-order valence-corrected chi connectivity index (χ3v) is 6.76. The second-order valence-electron chi connectivity index (χ2n) is 7.31. The average Bonchev–Trinajstić information content (AvgIpc) is 3.15. The molecule has 8 nitrogen and oxygen atoms in total. The first-order valence-corrected chi connectivity index (χ1v) is 11.1. The minimum absolute atomic E-state index is 0.0846. The smallest absolute Gasteiger partial charge is 0.269 e. The first kappa shape index (κ1) is 19.7. The molecule has 4 rings (SSSR count). The molecule has 1 N–H and O–H groups in total. The summed E-state index contributed by atoms with van der Waals surface area (Å²) in [5.74, 6) is 1.63. The number of ether oxygens (including phenoxy) is 1. The zero-order valence-corrected chi connectivity index (χ0v) is 17.6. The minimum Gasteiger partial charge on any atom is -0.497 e. The predicted molar refractivity (Wildman–Crippen MR) is 112 cm³/mol. The highest BCUT2D eigenvalue weighted by molar-refractivity contribution is 7.90. The molecule has 3 aromatic rings. The monoisotopic (exact) mass is 415 g/mol. The van der Waals surface area contributed by atoms with Gasteiger partial charge in [-0.15, -0.1) is 0 Å². The van der Waals surface area contributed by atoms with Crippen LogP contribution in [-0.2, 0) is 10.0 Å². The van der Waals surface area contributed by atoms with Gasteiger partial charge in [-0.25, -0.2) is 22.4 Å². The summed E-state index contributed by atoms with van der Waals surface area (Å²) in [5.41, 5.74) is 1.16. The van der Waals surface area contributed by atoms with Gasteiger partial charge in [-0.3, -0.25) is 0 Å². The lowest BCUT2D eigenvalue weighted by molar-refractivity contribution is 0.413. The Morgan fingerprint density at radius 3 is 2.62 bits per heavy atom. The summed E-state index contributed by atoms with van der Waals surface area (Å²) in [6.07, 6.45) is 1.66. The van der Waals surface area contributed by atoms with Gasteiger partial charge in [0.2, 0.25) is 0 Å². The maximum atomic E-state index is 13.6. The minimum atomic E-state index is -3.86. The van der Waals surface area contributed by atoms with Crippen LogP contribution in [0.4, 0.5) is 5.82 Å². The number of methoxy groups -OCH3 is 1. The first-order chi connectivity index (χ1) is 13.9. The van der Waals surface area contributed by atoms with E-state index in [1.165, 1.54) is 17.1 Å². The number of piperazine rings is 1. The number of aromatic nitrogens is 3. The van der Waals surface area contributed by atoms with Crippen LogP contribution < -0.4 is 15.0 Å². The molecule has 0 atom stereocenters. The van der Waals surface area contributed by atoms with E-state index in [-0.39, 0.29) is 10.8 Å². The van der Waals surface area contributed by atoms with Gasteiger partial charge in [0.1, 0.15) is 17.1 Å². The van der Waals surface area contributed by atoms with Crippen molar-refractivity contribution in [3.63, 3.8) is 0 Å². The number of benzene rings is 1. The van der Waals surface area contributed by atoms with Crippen LogP contribution in [0.5, 0.6) is 5.75 Å². The second-order valence-corrected chi connectivity index (χ2v) is 9.10. The molecule has 0 aliphatic carbocycles. The molecule has 9 heteroatoms. The third-order valence-electron chi connectivity index (χ3n) is 5.05. The molecule has 2 aromatic heterocycles. The van der Waals surface area contributed by atoms with Gasteiger partial charge in [-0.1, -0.05) is 19.9 Å². The van der Waals surface area contributed by atoms with Gasteiger partial charge in [-0.05, 0) is 18.2 Å². The van der Waals surface area contributed by atoms with Gasteiger partial charge in [0.25, 0.3) is 10.0 Å². The molecule has 0 spiro atoms. The van der Waals surface area contributed by atoms with Gasteiger partial charge in [0.05, 0.1) is 17.5 Å². The number of fused-ring (bicyclic) bond motifs is 1. The molecule has 0 radical (unpaired) electrons. The molecular weight excluding hydrogens is 390 g/mol. The van der Waals surface area contributed by atoms with Gasteiger partial charge in [0.15, 0.2) is 5.82 Å². The Hall–Kier alpha value is -2.65. The van der Waals surface area contributed by atoms with Crippen LogP contribution in [0.3, 0.4) is 0 Å². The topological polar surface area (TPSA) is 89.4 Å². The molecule has 1 saturated heterocycles. The van der Waals surface area contributed by atoms with E-state index >= 15 is 0 Å². The molecule has 0 saturated carbocycles. The highest BCUT2D eigenvalue weighted by atomic mass is 32.2. The largest absolute Gasteiger partial charge is 0.497 e. The summed E-state index contributed by atoms with van der Waals surface area (Å²) in [6, 6.07) is 8.22. The quantitative estimate of drug-likeness (QED) is 0.683. The van der Waals surface area contributed by atoms with Crippen molar-refractivity contribution in [2.24, 2.45) is 0 Å². The van der Waals surface area contributed by atoms with Gasteiger partial charge >= 0.3 is 0 Å². The first-order valence-electron chi connectivity index (χ1n) is 9.66. The third kappa shape index (κ3) is 3.44. The van der Waals surface area contributed by atoms with Crippen molar-refractivity contribution >= 4 is 26.9 Å². The number of imidazole rings is 1. The SMILES string of the molecule is COc1cccc(S(=O)(=O)n2c(C(C)C)nc3c(N4CCNCC4)nccc32)c1. The van der Waals surface area contributed by atoms with E-state index in [9.17, 15) is 8.42 Å². The van der Waals surface area contributed by atoms with E-state index in [4.69, 9.17) is 9.72 Å². The summed E-state index contributed by atoms with van der Waals surface area (Å²) in [5, 5.41) is 3.32. The standard InChI is InChI=1S/C20H25N5O3S/c1-14(2)19-23-18-17(7-8-22-20(18)24-11-9-21-10-12-24)25(19)29(26,27)16-6-4-5-15(13-16)28-3/h4-8,13-14,21H,9-12H2,1-3H3. The number of nitrogens with one attached hydrogen (secondary N) is 1. The lowest BCUT2D eigenvalue weighted by Crippen LogP contribution is -2.44. The van der Waals surface area contributed by atoms with E-state index in [1.54, 1.807) is 30.5 Å². The Kier molecular flexibility index (Phi) is 5.18. The van der Waals surface area contributed by atoms with Crippen LogP contribution >= 0.6 is 0 Å². The Morgan fingerprint density at radius 2 is 1.93 bits per heavy atom. The number of anilines is 1. The normalized spacial score (nSPS) is 15.2. The van der Waals surface area contributed by atoms with Crippen molar-refractivity contribution in [2.75, 3.05) is 38.2 Å². The Labute approximate surface area is 170 Å². The van der Waals surface area contributed by atoms with Crippen LogP contribution in [0.25, 0.3) is 11.0 Å². The van der Waals surface area contributed by atoms with Crippen LogP contribution in [-0.4, -0.2) is 55.6 Å². The highest BCUT2D eigenvalue weighted by Gasteiger charge is 2.28. The van der Waals surface area contributed by atoms with Crippen molar-refractivity contribution in [3.05, 3.63) is 42.4 Å². The lowest BCUT2D eigenvalue weighted by atomic mass is 10.2. The van der Waals surface area contributed by atoms with E-state index in [0.29, 0.717) is 22.6 Å². The molecule has 29 heavy (non-hydrogen) atoms. The molecular formula is C20H25N5O3S. The van der Waals surface area contributed by atoms with Crippen molar-refractivity contribution < 1.29 is 13.2 Å². The van der Waals surface area contributed by atoms with E-state index in [1.807, 2.05) is 13.8 Å². The fourth-order valence-corrected chi connectivity index (χ4v) is 5.21. The van der Waals surface area contributed by atoms with Crippen LogP contribution in [0.15, 0.2) is 41.4 Å². The molecule has 1 fully saturated rings. The summed E-state index contributed by atoms with van der Waals surface area (Å²) in [4.78, 5) is 11.6. The number of pyridine rings is 1. The van der Waals surface area contributed by atoms with Crippen LogP contribution in [0, 0.1) is 0 Å². The van der Waals surface area contributed by atoms with E-state index in [2.05, 4.69) is 15.2 Å². The van der Waals surface area contributed by atoms with Crippen molar-refractivity contribution in [3.8, 4) is 5.75 Å². The summed E-state index contributed by atoms with van der Waals surface area (Å²) in [7, 11) is -2.35. The number of nitrogens with zero attached hydrogens (tertiary/aromatic N) is 4. The highest BCUT2D eigenvalue weighted by Crippen LogP contribution is 2.32. The Morgan fingerprint density at radius 1 is 1.17 bits per heavy atom. The van der Waals surface area contributed by atoms with Crippen molar-refractivity contribution in [2.45, 2.75) is 24.7 Å². The summed E-state index contributed by atoms with van der Waals surface area (Å²) < 4.78 is 33.8. The number of hydrogen-bond donors (Lipinski definition) is 1. The van der Waals surface area contributed by atoms with Crippen molar-refractivity contribution in [1.29, 1.82) is 0 Å². The predicted octanol–water partition coefficient (Wildman–Crippen LogP) is 2.21. The fraction of sp³-hybridized carbons (Fsp3) is 0.400. The lowest BCUT2D eigenvalue weighted by Gasteiger charge is -2.28. The number of hydrogen-bond acceptors (Lipinski definition) is 7. The maximum Gasteiger partial charge on any atom is 0.269 e. The Balaban J connectivity index is 1.94.